The normalized spacial score (nSPS) is 15.7. The number of thioether (sulfide) groups is 1. The number of piperazine rings is 1. The highest BCUT2D eigenvalue weighted by atomic mass is 32.2. The van der Waals surface area contributed by atoms with Crippen LogP contribution in [0.15, 0.2) is 58.3 Å². The fourth-order valence-corrected chi connectivity index (χ4v) is 5.09. The number of hydrogen-bond acceptors (Lipinski definition) is 4. The van der Waals surface area contributed by atoms with Crippen LogP contribution in [0.2, 0.25) is 0 Å². The first kappa shape index (κ1) is 19.9. The van der Waals surface area contributed by atoms with Gasteiger partial charge in [-0.3, -0.25) is 4.79 Å². The molecular formula is C19H21FN2O3S2. The van der Waals surface area contributed by atoms with E-state index in [1.807, 2.05) is 6.92 Å². The molecule has 1 aliphatic rings. The molecule has 0 N–H and O–H groups in total. The molecule has 3 rings (SSSR count). The first-order chi connectivity index (χ1) is 12.9. The van der Waals surface area contributed by atoms with Gasteiger partial charge in [0.15, 0.2) is 0 Å². The van der Waals surface area contributed by atoms with E-state index in [2.05, 4.69) is 0 Å². The maximum Gasteiger partial charge on any atom is 0.243 e. The smallest absolute Gasteiger partial charge is 0.243 e. The largest absolute Gasteiger partial charge is 0.339 e. The summed E-state index contributed by atoms with van der Waals surface area (Å²) in [6.07, 6.45) is 0. The van der Waals surface area contributed by atoms with Crippen LogP contribution in [-0.2, 0) is 14.8 Å². The summed E-state index contributed by atoms with van der Waals surface area (Å²) in [5.41, 5.74) is 0.997. The van der Waals surface area contributed by atoms with Gasteiger partial charge in [0.1, 0.15) is 5.82 Å². The van der Waals surface area contributed by atoms with E-state index in [9.17, 15) is 17.6 Å². The van der Waals surface area contributed by atoms with Crippen LogP contribution in [0.4, 0.5) is 4.39 Å². The first-order valence-electron chi connectivity index (χ1n) is 8.60. The average molecular weight is 409 g/mol. The monoisotopic (exact) mass is 408 g/mol. The standard InChI is InChI=1S/C19H21FN2O3S2/c1-15-6-8-16(9-7-15)27(24,25)22-12-10-21(11-13-22)19(23)14-26-18-5-3-2-4-17(18)20/h2-9H,10-14H2,1H3. The second-order valence-electron chi connectivity index (χ2n) is 6.32. The minimum Gasteiger partial charge on any atom is -0.339 e. The Balaban J connectivity index is 1.56. The van der Waals surface area contributed by atoms with Crippen molar-refractivity contribution in [1.82, 2.24) is 9.21 Å². The van der Waals surface area contributed by atoms with Crippen molar-refractivity contribution in [2.24, 2.45) is 0 Å². The molecule has 0 aliphatic carbocycles. The summed E-state index contributed by atoms with van der Waals surface area (Å²) in [6.45, 7) is 3.09. The zero-order valence-electron chi connectivity index (χ0n) is 15.0. The highest BCUT2D eigenvalue weighted by Crippen LogP contribution is 2.22. The zero-order chi connectivity index (χ0) is 19.4. The van der Waals surface area contributed by atoms with Crippen LogP contribution in [-0.4, -0.2) is 55.5 Å². The van der Waals surface area contributed by atoms with Gasteiger partial charge in [0.05, 0.1) is 10.6 Å². The van der Waals surface area contributed by atoms with E-state index >= 15 is 0 Å². The minimum absolute atomic E-state index is 0.115. The molecule has 1 fully saturated rings. The molecule has 0 atom stereocenters. The second kappa shape index (κ2) is 8.41. The van der Waals surface area contributed by atoms with Crippen LogP contribution in [0.25, 0.3) is 0 Å². The lowest BCUT2D eigenvalue weighted by molar-refractivity contribution is -0.129. The molecule has 1 aliphatic heterocycles. The van der Waals surface area contributed by atoms with Crippen LogP contribution >= 0.6 is 11.8 Å². The third kappa shape index (κ3) is 4.69. The molecule has 1 saturated heterocycles. The lowest BCUT2D eigenvalue weighted by atomic mass is 10.2. The van der Waals surface area contributed by atoms with Crippen LogP contribution in [0.1, 0.15) is 5.56 Å². The Bertz CT molecular complexity index is 909. The van der Waals surface area contributed by atoms with E-state index in [0.29, 0.717) is 18.0 Å². The molecule has 144 valence electrons. The van der Waals surface area contributed by atoms with E-state index in [4.69, 9.17) is 0 Å². The van der Waals surface area contributed by atoms with Gasteiger partial charge in [0, 0.05) is 31.1 Å². The van der Waals surface area contributed by atoms with Crippen molar-refractivity contribution < 1.29 is 17.6 Å². The quantitative estimate of drug-likeness (QED) is 0.714. The highest BCUT2D eigenvalue weighted by Gasteiger charge is 2.30. The van der Waals surface area contributed by atoms with Crippen LogP contribution < -0.4 is 0 Å². The lowest BCUT2D eigenvalue weighted by Crippen LogP contribution is -2.50. The summed E-state index contributed by atoms with van der Waals surface area (Å²) >= 11 is 1.16. The Morgan fingerprint density at radius 2 is 1.67 bits per heavy atom. The van der Waals surface area contributed by atoms with Crippen molar-refractivity contribution in [2.75, 3.05) is 31.9 Å². The molecule has 0 saturated carbocycles. The van der Waals surface area contributed by atoms with Crippen molar-refractivity contribution in [3.05, 3.63) is 59.9 Å². The Labute approximate surface area is 163 Å². The number of carbonyl (C=O) groups is 1. The number of sulfonamides is 1. The third-order valence-corrected chi connectivity index (χ3v) is 7.38. The number of amides is 1. The van der Waals surface area contributed by atoms with Gasteiger partial charge >= 0.3 is 0 Å². The number of aryl methyl sites for hydroxylation is 1. The Morgan fingerprint density at radius 3 is 2.30 bits per heavy atom. The Morgan fingerprint density at radius 1 is 1.04 bits per heavy atom. The molecule has 1 amide bonds. The summed E-state index contributed by atoms with van der Waals surface area (Å²) in [5, 5.41) is 0. The lowest BCUT2D eigenvalue weighted by Gasteiger charge is -2.34. The molecule has 0 bridgehead atoms. The van der Waals surface area contributed by atoms with Gasteiger partial charge in [-0.1, -0.05) is 29.8 Å². The Kier molecular flexibility index (Phi) is 6.18. The number of carbonyl (C=O) groups excluding carboxylic acids is 1. The van der Waals surface area contributed by atoms with Crippen molar-refractivity contribution in [3.63, 3.8) is 0 Å². The molecule has 8 heteroatoms. The first-order valence-corrected chi connectivity index (χ1v) is 11.0. The fourth-order valence-electron chi connectivity index (χ4n) is 2.83. The van der Waals surface area contributed by atoms with E-state index in [-0.39, 0.29) is 35.5 Å². The molecule has 0 radical (unpaired) electrons. The number of benzene rings is 2. The average Bonchev–Trinajstić information content (AvgIpc) is 2.67. The van der Waals surface area contributed by atoms with Crippen LogP contribution in [0, 0.1) is 12.7 Å². The van der Waals surface area contributed by atoms with Gasteiger partial charge in [-0.25, -0.2) is 12.8 Å². The van der Waals surface area contributed by atoms with E-state index in [0.717, 1.165) is 17.3 Å². The van der Waals surface area contributed by atoms with Gasteiger partial charge in [0.25, 0.3) is 0 Å². The summed E-state index contributed by atoms with van der Waals surface area (Å²) in [6, 6.07) is 13.1. The molecule has 27 heavy (non-hydrogen) atoms. The molecule has 5 nitrogen and oxygen atoms in total. The number of rotatable bonds is 5. The summed E-state index contributed by atoms with van der Waals surface area (Å²) in [7, 11) is -3.55. The molecule has 0 aromatic heterocycles. The maximum atomic E-state index is 13.6. The van der Waals surface area contributed by atoms with Gasteiger partial charge < -0.3 is 4.90 Å². The fraction of sp³-hybridized carbons (Fsp3) is 0.316. The van der Waals surface area contributed by atoms with Gasteiger partial charge in [-0.05, 0) is 31.2 Å². The summed E-state index contributed by atoms with van der Waals surface area (Å²) in [4.78, 5) is 14.7. The van der Waals surface area contributed by atoms with Crippen molar-refractivity contribution in [3.8, 4) is 0 Å². The van der Waals surface area contributed by atoms with Crippen molar-refractivity contribution in [1.29, 1.82) is 0 Å². The second-order valence-corrected chi connectivity index (χ2v) is 9.27. The molecule has 0 spiro atoms. The maximum absolute atomic E-state index is 13.6. The molecule has 0 unspecified atom stereocenters. The topological polar surface area (TPSA) is 57.7 Å². The zero-order valence-corrected chi connectivity index (χ0v) is 16.6. The molecule has 1 heterocycles. The number of nitrogens with zero attached hydrogens (tertiary/aromatic N) is 2. The SMILES string of the molecule is Cc1ccc(S(=O)(=O)N2CCN(C(=O)CSc3ccccc3F)CC2)cc1. The van der Waals surface area contributed by atoms with Crippen LogP contribution in [0.3, 0.4) is 0 Å². The van der Waals surface area contributed by atoms with Gasteiger partial charge in [-0.15, -0.1) is 11.8 Å². The summed E-state index contributed by atoms with van der Waals surface area (Å²) < 4.78 is 40.4. The number of hydrogen-bond donors (Lipinski definition) is 0. The van der Waals surface area contributed by atoms with Crippen LogP contribution in [0.5, 0.6) is 0 Å². The molecular weight excluding hydrogens is 387 g/mol. The number of halogens is 1. The van der Waals surface area contributed by atoms with Gasteiger partial charge in [-0.2, -0.15) is 4.31 Å². The molecule has 2 aromatic carbocycles. The predicted molar refractivity (Wildman–Crippen MR) is 104 cm³/mol. The van der Waals surface area contributed by atoms with E-state index < -0.39 is 10.0 Å². The van der Waals surface area contributed by atoms with E-state index in [1.165, 1.54) is 10.4 Å². The predicted octanol–water partition coefficient (Wildman–Crippen LogP) is 2.76. The Hall–Kier alpha value is -1.90. The van der Waals surface area contributed by atoms with Gasteiger partial charge in [0.2, 0.25) is 15.9 Å². The van der Waals surface area contributed by atoms with Crippen molar-refractivity contribution >= 4 is 27.7 Å². The minimum atomic E-state index is -3.55. The molecule has 2 aromatic rings. The van der Waals surface area contributed by atoms with E-state index in [1.54, 1.807) is 47.4 Å². The van der Waals surface area contributed by atoms with Crippen molar-refractivity contribution in [2.45, 2.75) is 16.7 Å². The highest BCUT2D eigenvalue weighted by molar-refractivity contribution is 8.00. The third-order valence-electron chi connectivity index (χ3n) is 4.44. The summed E-state index contributed by atoms with van der Waals surface area (Å²) in [5.74, 6) is -0.328.